The van der Waals surface area contributed by atoms with E-state index in [9.17, 15) is 9.59 Å². The Kier molecular flexibility index (Phi) is 6.46. The predicted molar refractivity (Wildman–Crippen MR) is 100 cm³/mol. The second-order valence-corrected chi connectivity index (χ2v) is 7.04. The number of hydrogen-bond acceptors (Lipinski definition) is 4. The summed E-state index contributed by atoms with van der Waals surface area (Å²) in [5, 5.41) is 5.87. The van der Waals surface area contributed by atoms with Crippen molar-refractivity contribution < 1.29 is 14.3 Å². The van der Waals surface area contributed by atoms with E-state index >= 15 is 0 Å². The first-order valence-electron chi connectivity index (χ1n) is 9.34. The second kappa shape index (κ2) is 9.00. The molecule has 2 fully saturated rings. The SMILES string of the molecule is CC1CN(C(=O)CN2CCC(NC(=O)Nc3ccccc3)CC2)CCO1. The van der Waals surface area contributed by atoms with Gasteiger partial charge >= 0.3 is 6.03 Å². The van der Waals surface area contributed by atoms with Crippen molar-refractivity contribution >= 4 is 17.6 Å². The Labute approximate surface area is 154 Å². The zero-order valence-electron chi connectivity index (χ0n) is 15.3. The third-order valence-electron chi connectivity index (χ3n) is 4.91. The Balaban J connectivity index is 1.37. The van der Waals surface area contributed by atoms with Gasteiger partial charge in [0.25, 0.3) is 0 Å². The molecule has 1 aromatic carbocycles. The van der Waals surface area contributed by atoms with Crippen LogP contribution in [-0.2, 0) is 9.53 Å². The molecule has 2 aliphatic rings. The summed E-state index contributed by atoms with van der Waals surface area (Å²) >= 11 is 0. The third-order valence-corrected chi connectivity index (χ3v) is 4.91. The maximum absolute atomic E-state index is 12.4. The van der Waals surface area contributed by atoms with Gasteiger partial charge in [0, 0.05) is 37.9 Å². The van der Waals surface area contributed by atoms with E-state index < -0.39 is 0 Å². The number of carbonyl (C=O) groups is 2. The van der Waals surface area contributed by atoms with E-state index in [1.807, 2.05) is 42.2 Å². The molecule has 2 N–H and O–H groups in total. The van der Waals surface area contributed by atoms with Gasteiger partial charge in [-0.15, -0.1) is 0 Å². The summed E-state index contributed by atoms with van der Waals surface area (Å²) in [6, 6.07) is 9.39. The zero-order chi connectivity index (χ0) is 18.4. The summed E-state index contributed by atoms with van der Waals surface area (Å²) < 4.78 is 5.49. The monoisotopic (exact) mass is 360 g/mol. The van der Waals surface area contributed by atoms with Crippen molar-refractivity contribution in [3.8, 4) is 0 Å². The van der Waals surface area contributed by atoms with Gasteiger partial charge in [-0.25, -0.2) is 4.79 Å². The van der Waals surface area contributed by atoms with E-state index in [0.717, 1.165) is 31.6 Å². The molecule has 0 radical (unpaired) electrons. The molecule has 2 saturated heterocycles. The molecule has 3 amide bonds. The molecule has 3 rings (SSSR count). The van der Waals surface area contributed by atoms with Crippen LogP contribution in [0, 0.1) is 0 Å². The number of ether oxygens (including phenoxy) is 1. The molecule has 7 nitrogen and oxygen atoms in total. The summed E-state index contributed by atoms with van der Waals surface area (Å²) in [6.45, 7) is 6.07. The minimum absolute atomic E-state index is 0.116. The van der Waals surface area contributed by atoms with Crippen molar-refractivity contribution in [3.05, 3.63) is 30.3 Å². The van der Waals surface area contributed by atoms with E-state index in [-0.39, 0.29) is 24.1 Å². The first-order valence-corrected chi connectivity index (χ1v) is 9.34. The highest BCUT2D eigenvalue weighted by Crippen LogP contribution is 2.12. The summed E-state index contributed by atoms with van der Waals surface area (Å²) in [4.78, 5) is 28.6. The normalized spacial score (nSPS) is 22.0. The predicted octanol–water partition coefficient (Wildman–Crippen LogP) is 1.52. The number of hydrogen-bond donors (Lipinski definition) is 2. The van der Waals surface area contributed by atoms with Crippen molar-refractivity contribution in [1.29, 1.82) is 0 Å². The smallest absolute Gasteiger partial charge is 0.319 e. The van der Waals surface area contributed by atoms with E-state index in [0.29, 0.717) is 26.2 Å². The van der Waals surface area contributed by atoms with Crippen molar-refractivity contribution in [1.82, 2.24) is 15.1 Å². The highest BCUT2D eigenvalue weighted by Gasteiger charge is 2.26. The molecular formula is C19H28N4O3. The minimum atomic E-state index is -0.173. The summed E-state index contributed by atoms with van der Waals surface area (Å²) in [6.07, 6.45) is 1.83. The maximum atomic E-state index is 12.4. The summed E-state index contributed by atoms with van der Waals surface area (Å²) in [7, 11) is 0. The third kappa shape index (κ3) is 5.44. The average molecular weight is 360 g/mol. The molecule has 0 bridgehead atoms. The molecule has 1 aromatic rings. The van der Waals surface area contributed by atoms with E-state index in [1.54, 1.807) is 0 Å². The molecule has 142 valence electrons. The summed E-state index contributed by atoms with van der Waals surface area (Å²) in [5.74, 6) is 0.174. The van der Waals surface area contributed by atoms with Gasteiger partial charge in [0.05, 0.1) is 19.3 Å². The fourth-order valence-electron chi connectivity index (χ4n) is 3.45. The number of morpholine rings is 1. The van der Waals surface area contributed by atoms with Crippen molar-refractivity contribution in [2.45, 2.75) is 31.9 Å². The van der Waals surface area contributed by atoms with Crippen LogP contribution in [0.15, 0.2) is 30.3 Å². The van der Waals surface area contributed by atoms with Crippen LogP contribution in [0.3, 0.4) is 0 Å². The lowest BCUT2D eigenvalue weighted by Gasteiger charge is -2.35. The van der Waals surface area contributed by atoms with Gasteiger partial charge in [-0.3, -0.25) is 9.69 Å². The van der Waals surface area contributed by atoms with Crippen LogP contribution in [0.5, 0.6) is 0 Å². The Morgan fingerprint density at radius 2 is 1.88 bits per heavy atom. The number of amides is 3. The van der Waals surface area contributed by atoms with Gasteiger partial charge in [0.2, 0.25) is 5.91 Å². The zero-order valence-corrected chi connectivity index (χ0v) is 15.3. The first kappa shape index (κ1) is 18.7. The molecule has 0 aromatic heterocycles. The molecule has 0 aliphatic carbocycles. The number of rotatable bonds is 4. The van der Waals surface area contributed by atoms with Crippen molar-refractivity contribution in [3.63, 3.8) is 0 Å². The van der Waals surface area contributed by atoms with Gasteiger partial charge in [0.15, 0.2) is 0 Å². The molecular weight excluding hydrogens is 332 g/mol. The molecule has 0 saturated carbocycles. The van der Waals surface area contributed by atoms with Crippen LogP contribution in [0.2, 0.25) is 0 Å². The Bertz CT molecular complexity index is 602. The number of piperidine rings is 1. The number of anilines is 1. The van der Waals surface area contributed by atoms with E-state index in [1.165, 1.54) is 0 Å². The number of urea groups is 1. The van der Waals surface area contributed by atoms with Crippen molar-refractivity contribution in [2.75, 3.05) is 44.6 Å². The number of carbonyl (C=O) groups excluding carboxylic acids is 2. The van der Waals surface area contributed by atoms with Gasteiger partial charge in [-0.2, -0.15) is 0 Å². The molecule has 7 heteroatoms. The number of para-hydroxylation sites is 1. The van der Waals surface area contributed by atoms with Crippen molar-refractivity contribution in [2.24, 2.45) is 0 Å². The fraction of sp³-hybridized carbons (Fsp3) is 0.579. The lowest BCUT2D eigenvalue weighted by atomic mass is 10.1. The van der Waals surface area contributed by atoms with Gasteiger partial charge in [-0.1, -0.05) is 18.2 Å². The standard InChI is InChI=1S/C19H28N4O3/c1-15-13-23(11-12-26-15)18(24)14-22-9-7-17(8-10-22)21-19(25)20-16-5-3-2-4-6-16/h2-6,15,17H,7-14H2,1H3,(H2,20,21,25). The molecule has 1 atom stereocenters. The summed E-state index contributed by atoms with van der Waals surface area (Å²) in [5.41, 5.74) is 0.785. The lowest BCUT2D eigenvalue weighted by molar-refractivity contribution is -0.139. The number of nitrogens with zero attached hydrogens (tertiary/aromatic N) is 2. The van der Waals surface area contributed by atoms with Crippen LogP contribution >= 0.6 is 0 Å². The Morgan fingerprint density at radius 1 is 1.15 bits per heavy atom. The van der Waals surface area contributed by atoms with Crippen LogP contribution in [-0.4, -0.2) is 73.2 Å². The van der Waals surface area contributed by atoms with Crippen LogP contribution in [0.4, 0.5) is 10.5 Å². The molecule has 0 spiro atoms. The van der Waals surface area contributed by atoms with Gasteiger partial charge in [-0.05, 0) is 31.9 Å². The average Bonchev–Trinajstić information content (AvgIpc) is 2.64. The Morgan fingerprint density at radius 3 is 2.58 bits per heavy atom. The highest BCUT2D eigenvalue weighted by atomic mass is 16.5. The molecule has 2 heterocycles. The second-order valence-electron chi connectivity index (χ2n) is 7.04. The maximum Gasteiger partial charge on any atom is 0.319 e. The Hall–Kier alpha value is -2.12. The van der Waals surface area contributed by atoms with Crippen LogP contribution in [0.1, 0.15) is 19.8 Å². The van der Waals surface area contributed by atoms with E-state index in [2.05, 4.69) is 15.5 Å². The quantitative estimate of drug-likeness (QED) is 0.854. The number of benzene rings is 1. The minimum Gasteiger partial charge on any atom is -0.375 e. The van der Waals surface area contributed by atoms with E-state index in [4.69, 9.17) is 4.74 Å². The largest absolute Gasteiger partial charge is 0.375 e. The highest BCUT2D eigenvalue weighted by molar-refractivity contribution is 5.89. The molecule has 1 unspecified atom stereocenters. The number of nitrogens with one attached hydrogen (secondary N) is 2. The topological polar surface area (TPSA) is 73.9 Å². The molecule has 26 heavy (non-hydrogen) atoms. The number of likely N-dealkylation sites (tertiary alicyclic amines) is 1. The molecule has 2 aliphatic heterocycles. The fourth-order valence-corrected chi connectivity index (χ4v) is 3.45. The van der Waals surface area contributed by atoms with Gasteiger partial charge < -0.3 is 20.3 Å². The first-order chi connectivity index (χ1) is 12.6. The van der Waals surface area contributed by atoms with Gasteiger partial charge in [0.1, 0.15) is 0 Å². The van der Waals surface area contributed by atoms with Crippen LogP contribution in [0.25, 0.3) is 0 Å². The lowest BCUT2D eigenvalue weighted by Crippen LogP contribution is -2.51. The van der Waals surface area contributed by atoms with Crippen LogP contribution < -0.4 is 10.6 Å².